The fraction of sp³-hybridized carbons (Fsp3) is 0.381. The van der Waals surface area contributed by atoms with Crippen molar-refractivity contribution < 1.29 is 28.6 Å². The number of esters is 2. The zero-order chi connectivity index (χ0) is 20.8. The maximum absolute atomic E-state index is 12.7. The van der Waals surface area contributed by atoms with Gasteiger partial charge in [0, 0.05) is 5.69 Å². The van der Waals surface area contributed by atoms with E-state index in [0.29, 0.717) is 34.7 Å². The number of aromatic amines is 1. The minimum absolute atomic E-state index is 0.224. The molecule has 2 rings (SSSR count). The highest BCUT2D eigenvalue weighted by atomic mass is 16.5. The molecule has 150 valence electrons. The van der Waals surface area contributed by atoms with E-state index in [4.69, 9.17) is 14.2 Å². The molecule has 0 bridgehead atoms. The number of hydrogen-bond donors (Lipinski definition) is 1. The average Bonchev–Trinajstić information content (AvgIpc) is 2.99. The molecular formula is C21H25NO6. The van der Waals surface area contributed by atoms with E-state index in [1.54, 1.807) is 38.1 Å². The van der Waals surface area contributed by atoms with Crippen LogP contribution in [0.2, 0.25) is 0 Å². The van der Waals surface area contributed by atoms with E-state index in [1.165, 1.54) is 14.0 Å². The Morgan fingerprint density at radius 2 is 1.71 bits per heavy atom. The second kappa shape index (κ2) is 9.21. The summed E-state index contributed by atoms with van der Waals surface area (Å²) in [5, 5.41) is 0. The van der Waals surface area contributed by atoms with Gasteiger partial charge in [-0.25, -0.2) is 9.59 Å². The predicted molar refractivity (Wildman–Crippen MR) is 103 cm³/mol. The molecule has 0 saturated heterocycles. The number of carbonyl (C=O) groups excluding carboxylic acids is 3. The number of aryl methyl sites for hydroxylation is 1. The fourth-order valence-corrected chi connectivity index (χ4v) is 2.80. The number of hydrogen-bond acceptors (Lipinski definition) is 6. The molecular weight excluding hydrogens is 362 g/mol. The first-order valence-corrected chi connectivity index (χ1v) is 9.05. The number of H-pyrrole nitrogens is 1. The van der Waals surface area contributed by atoms with Crippen LogP contribution in [-0.4, -0.2) is 42.5 Å². The molecule has 1 aromatic carbocycles. The third-order valence-electron chi connectivity index (χ3n) is 4.29. The van der Waals surface area contributed by atoms with Crippen molar-refractivity contribution in [3.8, 4) is 5.75 Å². The van der Waals surface area contributed by atoms with Crippen molar-refractivity contribution in [1.82, 2.24) is 4.98 Å². The molecule has 0 aliphatic carbocycles. The van der Waals surface area contributed by atoms with Crippen molar-refractivity contribution in [2.75, 3.05) is 13.7 Å². The minimum Gasteiger partial charge on any atom is -0.494 e. The molecule has 1 aromatic heterocycles. The third-order valence-corrected chi connectivity index (χ3v) is 4.29. The van der Waals surface area contributed by atoms with Gasteiger partial charge in [-0.3, -0.25) is 4.79 Å². The van der Waals surface area contributed by atoms with Gasteiger partial charge in [-0.2, -0.15) is 0 Å². The molecule has 1 heterocycles. The topological polar surface area (TPSA) is 94.7 Å². The Balaban J connectivity index is 2.10. The number of nitrogens with one attached hydrogen (secondary N) is 1. The number of rotatable bonds is 8. The summed E-state index contributed by atoms with van der Waals surface area (Å²) >= 11 is 0. The highest BCUT2D eigenvalue weighted by molar-refractivity contribution is 6.04. The molecule has 0 radical (unpaired) electrons. The molecule has 0 spiro atoms. The molecule has 7 heteroatoms. The molecule has 2 aromatic rings. The van der Waals surface area contributed by atoms with Crippen molar-refractivity contribution in [3.05, 3.63) is 52.3 Å². The second-order valence-corrected chi connectivity index (χ2v) is 6.40. The molecule has 0 amide bonds. The van der Waals surface area contributed by atoms with E-state index < -0.39 is 23.8 Å². The number of Topliss-reactive ketones (excluding diaryl/α,β-unsaturated/α-hetero) is 1. The van der Waals surface area contributed by atoms with Gasteiger partial charge in [0.15, 0.2) is 6.10 Å². The summed E-state index contributed by atoms with van der Waals surface area (Å²) in [7, 11) is 1.28. The lowest BCUT2D eigenvalue weighted by Gasteiger charge is -2.12. The van der Waals surface area contributed by atoms with Crippen molar-refractivity contribution >= 4 is 17.7 Å². The predicted octanol–water partition coefficient (Wildman–Crippen LogP) is 3.64. The largest absolute Gasteiger partial charge is 0.494 e. The number of methoxy groups -OCH3 is 1. The molecule has 0 unspecified atom stereocenters. The Hall–Kier alpha value is -3.09. The Bertz CT molecular complexity index is 866. The van der Waals surface area contributed by atoms with Crippen molar-refractivity contribution in [3.63, 3.8) is 0 Å². The molecule has 0 aliphatic rings. The van der Waals surface area contributed by atoms with Gasteiger partial charge in [-0.05, 0) is 57.0 Å². The summed E-state index contributed by atoms with van der Waals surface area (Å²) in [6, 6.07) is 6.54. The van der Waals surface area contributed by atoms with Crippen LogP contribution in [0.4, 0.5) is 0 Å². The van der Waals surface area contributed by atoms with E-state index >= 15 is 0 Å². The highest BCUT2D eigenvalue weighted by Crippen LogP contribution is 2.21. The standard InChI is InChI=1S/C21H25NO6/c1-6-11-27-16-9-7-15(8-10-16)20(24)28-14(4)19(23)18-12(2)17(13(3)22-18)21(25)26-5/h7-10,14,22H,6,11H2,1-5H3/t14-/m0/s1. The smallest absolute Gasteiger partial charge is 0.339 e. The van der Waals surface area contributed by atoms with Crippen LogP contribution in [0.15, 0.2) is 24.3 Å². The van der Waals surface area contributed by atoms with E-state index in [-0.39, 0.29) is 5.69 Å². The first kappa shape index (κ1) is 21.2. The van der Waals surface area contributed by atoms with E-state index in [1.807, 2.05) is 6.92 Å². The number of ether oxygens (including phenoxy) is 3. The Morgan fingerprint density at radius 1 is 1.07 bits per heavy atom. The maximum atomic E-state index is 12.7. The minimum atomic E-state index is -1.02. The van der Waals surface area contributed by atoms with E-state index in [2.05, 4.69) is 4.98 Å². The van der Waals surface area contributed by atoms with Gasteiger partial charge in [0.05, 0.1) is 30.5 Å². The maximum Gasteiger partial charge on any atom is 0.339 e. The Kier molecular flexibility index (Phi) is 6.98. The van der Waals surface area contributed by atoms with Gasteiger partial charge >= 0.3 is 11.9 Å². The summed E-state index contributed by atoms with van der Waals surface area (Å²) < 4.78 is 15.5. The monoisotopic (exact) mass is 387 g/mol. The van der Waals surface area contributed by atoms with Crippen LogP contribution in [0.25, 0.3) is 0 Å². The summed E-state index contributed by atoms with van der Waals surface area (Å²) in [5.41, 5.74) is 1.84. The Labute approximate surface area is 164 Å². The molecule has 0 fully saturated rings. The number of ketones is 1. The SMILES string of the molecule is CCCOc1ccc(C(=O)O[C@@H](C)C(=O)c2[nH]c(C)c(C(=O)OC)c2C)cc1. The first-order valence-electron chi connectivity index (χ1n) is 9.05. The molecule has 7 nitrogen and oxygen atoms in total. The van der Waals surface area contributed by atoms with Crippen LogP contribution in [0.1, 0.15) is 62.7 Å². The van der Waals surface area contributed by atoms with Crippen LogP contribution >= 0.6 is 0 Å². The van der Waals surface area contributed by atoms with Gasteiger partial charge in [0.2, 0.25) is 5.78 Å². The van der Waals surface area contributed by atoms with Gasteiger partial charge < -0.3 is 19.2 Å². The molecule has 1 atom stereocenters. The lowest BCUT2D eigenvalue weighted by atomic mass is 10.1. The van der Waals surface area contributed by atoms with Crippen molar-refractivity contribution in [2.45, 2.75) is 40.2 Å². The van der Waals surface area contributed by atoms with Crippen LogP contribution in [-0.2, 0) is 9.47 Å². The molecule has 1 N–H and O–H groups in total. The summed E-state index contributed by atoms with van der Waals surface area (Å²) in [6.45, 7) is 7.41. The zero-order valence-electron chi connectivity index (χ0n) is 16.8. The molecule has 28 heavy (non-hydrogen) atoms. The second-order valence-electron chi connectivity index (χ2n) is 6.40. The normalized spacial score (nSPS) is 11.6. The summed E-state index contributed by atoms with van der Waals surface area (Å²) in [4.78, 5) is 39.8. The van der Waals surface area contributed by atoms with Gasteiger partial charge in [0.1, 0.15) is 5.75 Å². The third kappa shape index (κ3) is 4.60. The number of benzene rings is 1. The van der Waals surface area contributed by atoms with Crippen LogP contribution in [0.3, 0.4) is 0 Å². The number of carbonyl (C=O) groups is 3. The first-order chi connectivity index (χ1) is 13.3. The lowest BCUT2D eigenvalue weighted by Crippen LogP contribution is -2.25. The van der Waals surface area contributed by atoms with E-state index in [9.17, 15) is 14.4 Å². The highest BCUT2D eigenvalue weighted by Gasteiger charge is 2.27. The quantitative estimate of drug-likeness (QED) is 0.549. The molecule has 0 aliphatic heterocycles. The molecule has 0 saturated carbocycles. The van der Waals surface area contributed by atoms with Gasteiger partial charge in [-0.1, -0.05) is 6.92 Å². The fourth-order valence-electron chi connectivity index (χ4n) is 2.80. The van der Waals surface area contributed by atoms with Crippen LogP contribution in [0.5, 0.6) is 5.75 Å². The van der Waals surface area contributed by atoms with Crippen molar-refractivity contribution in [2.24, 2.45) is 0 Å². The Morgan fingerprint density at radius 3 is 2.29 bits per heavy atom. The van der Waals surface area contributed by atoms with Gasteiger partial charge in [-0.15, -0.1) is 0 Å². The van der Waals surface area contributed by atoms with E-state index in [0.717, 1.165) is 6.42 Å². The number of aromatic nitrogens is 1. The van der Waals surface area contributed by atoms with Crippen LogP contribution in [0, 0.1) is 13.8 Å². The average molecular weight is 387 g/mol. The van der Waals surface area contributed by atoms with Crippen LogP contribution < -0.4 is 4.74 Å². The summed E-state index contributed by atoms with van der Waals surface area (Å²) in [5.74, 6) is -0.903. The van der Waals surface area contributed by atoms with Gasteiger partial charge in [0.25, 0.3) is 0 Å². The zero-order valence-corrected chi connectivity index (χ0v) is 16.8. The lowest BCUT2D eigenvalue weighted by molar-refractivity contribution is 0.0316. The summed E-state index contributed by atoms with van der Waals surface area (Å²) in [6.07, 6.45) is -0.135. The van der Waals surface area contributed by atoms with Crippen molar-refractivity contribution in [1.29, 1.82) is 0 Å².